The molecule has 2 aliphatic rings. The van der Waals surface area contributed by atoms with Crippen molar-refractivity contribution < 1.29 is 14.0 Å². The van der Waals surface area contributed by atoms with E-state index in [0.717, 1.165) is 32.0 Å². The Labute approximate surface area is 176 Å². The Balaban J connectivity index is 1.16. The monoisotopic (exact) mass is 409 g/mol. The van der Waals surface area contributed by atoms with Crippen molar-refractivity contribution in [1.82, 2.24) is 10.2 Å². The highest BCUT2D eigenvalue weighted by atomic mass is 19.1. The molecule has 2 amide bonds. The van der Waals surface area contributed by atoms with Crippen molar-refractivity contribution in [2.75, 3.05) is 31.5 Å². The SMILES string of the molecule is CC(=O)c1cccc(NC(=O)NCCCN2C[C@H]3C[C@@H](c4ccc(F)cc4)[C@H]3C2)c1. The number of rotatable bonds is 7. The summed E-state index contributed by atoms with van der Waals surface area (Å²) in [5.41, 5.74) is 2.45. The predicted octanol–water partition coefficient (Wildman–Crippen LogP) is 4.28. The lowest BCUT2D eigenvalue weighted by Crippen LogP contribution is -2.33. The van der Waals surface area contributed by atoms with E-state index in [1.165, 1.54) is 18.9 Å². The molecular weight excluding hydrogens is 381 g/mol. The zero-order valence-corrected chi connectivity index (χ0v) is 17.2. The molecule has 1 aliphatic carbocycles. The smallest absolute Gasteiger partial charge is 0.319 e. The van der Waals surface area contributed by atoms with E-state index in [0.29, 0.717) is 29.6 Å². The molecule has 2 aromatic rings. The number of hydrogen-bond acceptors (Lipinski definition) is 3. The Morgan fingerprint density at radius 3 is 2.70 bits per heavy atom. The van der Waals surface area contributed by atoms with E-state index in [1.54, 1.807) is 36.4 Å². The lowest BCUT2D eigenvalue weighted by molar-refractivity contribution is 0.101. The summed E-state index contributed by atoms with van der Waals surface area (Å²) in [6.45, 7) is 5.27. The van der Waals surface area contributed by atoms with E-state index in [9.17, 15) is 14.0 Å². The number of nitrogens with one attached hydrogen (secondary N) is 2. The van der Waals surface area contributed by atoms with E-state index in [-0.39, 0.29) is 17.6 Å². The molecule has 0 spiro atoms. The third-order valence-corrected chi connectivity index (χ3v) is 6.40. The molecule has 1 saturated heterocycles. The van der Waals surface area contributed by atoms with Crippen LogP contribution in [0.25, 0.3) is 0 Å². The number of carbonyl (C=O) groups is 2. The molecule has 30 heavy (non-hydrogen) atoms. The number of ketones is 1. The van der Waals surface area contributed by atoms with Crippen LogP contribution < -0.4 is 10.6 Å². The van der Waals surface area contributed by atoms with Gasteiger partial charge in [-0.1, -0.05) is 24.3 Å². The first-order valence-corrected chi connectivity index (χ1v) is 10.6. The minimum atomic E-state index is -0.256. The number of hydrogen-bond donors (Lipinski definition) is 2. The molecule has 0 unspecified atom stereocenters. The first-order valence-electron chi connectivity index (χ1n) is 10.6. The summed E-state index contributed by atoms with van der Waals surface area (Å²) in [6.07, 6.45) is 2.08. The van der Waals surface area contributed by atoms with Crippen LogP contribution in [0.2, 0.25) is 0 Å². The van der Waals surface area contributed by atoms with E-state index >= 15 is 0 Å². The number of Topliss-reactive ketones (excluding diaryl/α,β-unsaturated/α-hetero) is 1. The average molecular weight is 410 g/mol. The van der Waals surface area contributed by atoms with E-state index in [4.69, 9.17) is 0 Å². The van der Waals surface area contributed by atoms with Gasteiger partial charge in [-0.15, -0.1) is 0 Å². The third kappa shape index (κ3) is 4.70. The van der Waals surface area contributed by atoms with Crippen LogP contribution in [0.1, 0.15) is 41.6 Å². The highest BCUT2D eigenvalue weighted by molar-refractivity contribution is 5.96. The molecule has 0 aromatic heterocycles. The Kier molecular flexibility index (Phi) is 6.13. The maximum atomic E-state index is 13.1. The topological polar surface area (TPSA) is 61.4 Å². The van der Waals surface area contributed by atoms with Crippen molar-refractivity contribution in [2.24, 2.45) is 11.8 Å². The molecule has 3 atom stereocenters. The molecule has 0 radical (unpaired) electrons. The molecular formula is C24H28FN3O2. The largest absolute Gasteiger partial charge is 0.338 e. The Morgan fingerprint density at radius 1 is 1.13 bits per heavy atom. The van der Waals surface area contributed by atoms with Crippen LogP contribution in [-0.4, -0.2) is 42.9 Å². The maximum absolute atomic E-state index is 13.1. The van der Waals surface area contributed by atoms with E-state index in [1.807, 2.05) is 12.1 Å². The van der Waals surface area contributed by atoms with Gasteiger partial charge in [0.05, 0.1) is 0 Å². The fourth-order valence-electron chi connectivity index (χ4n) is 4.77. The number of likely N-dealkylation sites (tertiary alicyclic amines) is 1. The minimum absolute atomic E-state index is 0.0275. The maximum Gasteiger partial charge on any atom is 0.319 e. The van der Waals surface area contributed by atoms with Crippen LogP contribution in [-0.2, 0) is 0 Å². The van der Waals surface area contributed by atoms with Crippen LogP contribution in [0.4, 0.5) is 14.9 Å². The normalized spacial score (nSPS) is 22.8. The number of halogens is 1. The molecule has 158 valence electrons. The van der Waals surface area contributed by atoms with Gasteiger partial charge >= 0.3 is 6.03 Å². The van der Waals surface area contributed by atoms with Crippen molar-refractivity contribution in [2.45, 2.75) is 25.7 Å². The van der Waals surface area contributed by atoms with Gasteiger partial charge in [0, 0.05) is 30.9 Å². The van der Waals surface area contributed by atoms with Gasteiger partial charge in [0.1, 0.15) is 5.82 Å². The molecule has 1 aliphatic heterocycles. The zero-order chi connectivity index (χ0) is 21.1. The number of fused-ring (bicyclic) bond motifs is 1. The average Bonchev–Trinajstić information content (AvgIpc) is 3.03. The van der Waals surface area contributed by atoms with Gasteiger partial charge in [-0.05, 0) is 73.9 Å². The Hall–Kier alpha value is -2.73. The summed E-state index contributed by atoms with van der Waals surface area (Å²) < 4.78 is 13.1. The predicted molar refractivity (Wildman–Crippen MR) is 115 cm³/mol. The third-order valence-electron chi connectivity index (χ3n) is 6.40. The first-order chi connectivity index (χ1) is 14.5. The lowest BCUT2D eigenvalue weighted by Gasteiger charge is -2.40. The molecule has 4 rings (SSSR count). The lowest BCUT2D eigenvalue weighted by atomic mass is 9.64. The first kappa shape index (κ1) is 20.5. The number of benzene rings is 2. The number of urea groups is 1. The Bertz CT molecular complexity index is 915. The fraction of sp³-hybridized carbons (Fsp3) is 0.417. The molecule has 0 bridgehead atoms. The molecule has 2 aromatic carbocycles. The molecule has 2 fully saturated rings. The number of carbonyl (C=O) groups excluding carboxylic acids is 2. The molecule has 6 heteroatoms. The highest BCUT2D eigenvalue weighted by Gasteiger charge is 2.47. The van der Waals surface area contributed by atoms with Crippen molar-refractivity contribution in [3.63, 3.8) is 0 Å². The van der Waals surface area contributed by atoms with Crippen molar-refractivity contribution in [3.05, 3.63) is 65.5 Å². The molecule has 1 heterocycles. The number of nitrogens with zero attached hydrogens (tertiary/aromatic N) is 1. The second-order valence-electron chi connectivity index (χ2n) is 8.45. The second kappa shape index (κ2) is 8.96. The highest BCUT2D eigenvalue weighted by Crippen LogP contribution is 2.51. The molecule has 5 nitrogen and oxygen atoms in total. The number of anilines is 1. The van der Waals surface area contributed by atoms with E-state index < -0.39 is 0 Å². The van der Waals surface area contributed by atoms with Gasteiger partial charge in [-0.2, -0.15) is 0 Å². The van der Waals surface area contributed by atoms with Crippen molar-refractivity contribution in [3.8, 4) is 0 Å². The summed E-state index contributed by atoms with van der Waals surface area (Å²) in [5, 5.41) is 5.66. The van der Waals surface area contributed by atoms with Crippen LogP contribution in [0, 0.1) is 17.7 Å². The quantitative estimate of drug-likeness (QED) is 0.530. The minimum Gasteiger partial charge on any atom is -0.338 e. The van der Waals surface area contributed by atoms with Gasteiger partial charge < -0.3 is 15.5 Å². The molecule has 1 saturated carbocycles. The van der Waals surface area contributed by atoms with Crippen LogP contribution in [0.3, 0.4) is 0 Å². The fourth-order valence-corrected chi connectivity index (χ4v) is 4.77. The van der Waals surface area contributed by atoms with Gasteiger partial charge in [0.15, 0.2) is 5.78 Å². The summed E-state index contributed by atoms with van der Waals surface area (Å²) >= 11 is 0. The number of amides is 2. The summed E-state index contributed by atoms with van der Waals surface area (Å²) in [7, 11) is 0. The van der Waals surface area contributed by atoms with Gasteiger partial charge in [0.2, 0.25) is 0 Å². The second-order valence-corrected chi connectivity index (χ2v) is 8.45. The van der Waals surface area contributed by atoms with E-state index in [2.05, 4.69) is 15.5 Å². The molecule has 2 N–H and O–H groups in total. The standard InChI is InChI=1S/C24H28FN3O2/c1-16(29)18-4-2-5-21(12-18)27-24(30)26-10-3-11-28-14-19-13-22(23(19)15-28)17-6-8-20(25)9-7-17/h2,4-9,12,19,22-23H,3,10-11,13-15H2,1H3,(H2,26,27,30)/t19-,22+,23+/m1/s1. The summed E-state index contributed by atoms with van der Waals surface area (Å²) in [5.74, 6) is 1.76. The van der Waals surface area contributed by atoms with Gasteiger partial charge in [-0.25, -0.2) is 9.18 Å². The summed E-state index contributed by atoms with van der Waals surface area (Å²) in [4.78, 5) is 26.0. The van der Waals surface area contributed by atoms with Crippen molar-refractivity contribution >= 4 is 17.5 Å². The van der Waals surface area contributed by atoms with Crippen LogP contribution >= 0.6 is 0 Å². The Morgan fingerprint density at radius 2 is 1.93 bits per heavy atom. The van der Waals surface area contributed by atoms with Crippen LogP contribution in [0.15, 0.2) is 48.5 Å². The zero-order valence-electron chi connectivity index (χ0n) is 17.2. The van der Waals surface area contributed by atoms with Gasteiger partial charge in [-0.3, -0.25) is 4.79 Å². The van der Waals surface area contributed by atoms with Crippen molar-refractivity contribution in [1.29, 1.82) is 0 Å². The van der Waals surface area contributed by atoms with Gasteiger partial charge in [0.25, 0.3) is 0 Å². The summed E-state index contributed by atoms with van der Waals surface area (Å²) in [6, 6.07) is 13.6. The van der Waals surface area contributed by atoms with Crippen LogP contribution in [0.5, 0.6) is 0 Å².